The highest BCUT2D eigenvalue weighted by molar-refractivity contribution is 14.1. The number of rotatable bonds is 7. The van der Waals surface area contributed by atoms with Crippen LogP contribution >= 0.6 is 34.2 Å². The SMILES string of the molecule is COC(=O)C(C(=O)OC)C(CC(=O)c1ccc(I)cc1)c1ccc(Cl)cc1. The summed E-state index contributed by atoms with van der Waals surface area (Å²) in [5.41, 5.74) is 1.13. The minimum atomic E-state index is -1.26. The monoisotopic (exact) mass is 500 g/mol. The van der Waals surface area contributed by atoms with Crippen molar-refractivity contribution in [2.24, 2.45) is 5.92 Å². The Labute approximate surface area is 176 Å². The maximum atomic E-state index is 12.8. The maximum Gasteiger partial charge on any atom is 0.320 e. The van der Waals surface area contributed by atoms with E-state index in [0.29, 0.717) is 16.1 Å². The molecule has 2 aromatic rings. The van der Waals surface area contributed by atoms with Crippen molar-refractivity contribution in [3.8, 4) is 0 Å². The summed E-state index contributed by atoms with van der Waals surface area (Å²) in [5.74, 6) is -3.69. The standard InChI is InChI=1S/C20H18ClIO5/c1-26-19(24)18(20(25)27-2)16(12-3-7-14(21)8-4-12)11-17(23)13-5-9-15(22)10-6-13/h3-10,16,18H,11H2,1-2H3. The molecule has 0 spiro atoms. The van der Waals surface area contributed by atoms with E-state index in [-0.39, 0.29) is 12.2 Å². The molecule has 2 rings (SSSR count). The first kappa shape index (κ1) is 21.4. The molecule has 0 amide bonds. The van der Waals surface area contributed by atoms with Gasteiger partial charge in [-0.25, -0.2) is 0 Å². The average molecular weight is 501 g/mol. The molecule has 0 aliphatic rings. The zero-order valence-electron chi connectivity index (χ0n) is 14.8. The summed E-state index contributed by atoms with van der Waals surface area (Å²) in [4.78, 5) is 37.4. The second kappa shape index (κ2) is 9.85. The smallest absolute Gasteiger partial charge is 0.320 e. The quantitative estimate of drug-likeness (QED) is 0.246. The van der Waals surface area contributed by atoms with Gasteiger partial charge in [0, 0.05) is 26.5 Å². The van der Waals surface area contributed by atoms with Crippen molar-refractivity contribution < 1.29 is 23.9 Å². The molecular formula is C20H18ClIO5. The highest BCUT2D eigenvalue weighted by Gasteiger charge is 2.39. The van der Waals surface area contributed by atoms with Gasteiger partial charge in [0.2, 0.25) is 0 Å². The van der Waals surface area contributed by atoms with Crippen LogP contribution in [0.3, 0.4) is 0 Å². The molecule has 27 heavy (non-hydrogen) atoms. The van der Waals surface area contributed by atoms with E-state index >= 15 is 0 Å². The van der Waals surface area contributed by atoms with Crippen molar-refractivity contribution >= 4 is 51.9 Å². The van der Waals surface area contributed by atoms with Crippen LogP contribution in [-0.2, 0) is 19.1 Å². The zero-order valence-corrected chi connectivity index (χ0v) is 17.7. The lowest BCUT2D eigenvalue weighted by Crippen LogP contribution is -2.33. The molecule has 0 fully saturated rings. The number of methoxy groups -OCH3 is 2. The van der Waals surface area contributed by atoms with Crippen molar-refractivity contribution in [2.75, 3.05) is 14.2 Å². The fraction of sp³-hybridized carbons (Fsp3) is 0.250. The van der Waals surface area contributed by atoms with Crippen molar-refractivity contribution in [1.82, 2.24) is 0 Å². The molecule has 0 aliphatic carbocycles. The van der Waals surface area contributed by atoms with Gasteiger partial charge in [-0.1, -0.05) is 35.9 Å². The molecule has 0 aliphatic heterocycles. The van der Waals surface area contributed by atoms with Gasteiger partial charge >= 0.3 is 11.9 Å². The van der Waals surface area contributed by atoms with Crippen molar-refractivity contribution in [3.05, 3.63) is 68.3 Å². The predicted octanol–water partition coefficient (Wildman–Crippen LogP) is 4.26. The minimum Gasteiger partial charge on any atom is -0.468 e. The Balaban J connectivity index is 2.43. The predicted molar refractivity (Wildman–Crippen MR) is 110 cm³/mol. The summed E-state index contributed by atoms with van der Waals surface area (Å²) in [6.07, 6.45) is -0.0584. The molecule has 1 unspecified atom stereocenters. The Bertz CT molecular complexity index is 801. The number of carbonyl (C=O) groups is 3. The molecule has 7 heteroatoms. The highest BCUT2D eigenvalue weighted by atomic mass is 127. The van der Waals surface area contributed by atoms with Gasteiger partial charge in [-0.15, -0.1) is 0 Å². The lowest BCUT2D eigenvalue weighted by atomic mass is 9.81. The van der Waals surface area contributed by atoms with E-state index in [9.17, 15) is 14.4 Å². The van der Waals surface area contributed by atoms with Crippen molar-refractivity contribution in [2.45, 2.75) is 12.3 Å². The van der Waals surface area contributed by atoms with Crippen LogP contribution in [0.25, 0.3) is 0 Å². The van der Waals surface area contributed by atoms with E-state index in [0.717, 1.165) is 3.57 Å². The fourth-order valence-electron chi connectivity index (χ4n) is 2.77. The number of benzene rings is 2. The number of Topliss-reactive ketones (excluding diaryl/α,β-unsaturated/α-hetero) is 1. The average Bonchev–Trinajstić information content (AvgIpc) is 2.68. The van der Waals surface area contributed by atoms with Crippen LogP contribution < -0.4 is 0 Å². The van der Waals surface area contributed by atoms with Crippen LogP contribution in [-0.4, -0.2) is 31.9 Å². The number of halogens is 2. The molecule has 0 saturated carbocycles. The van der Waals surface area contributed by atoms with Gasteiger partial charge in [0.15, 0.2) is 11.7 Å². The van der Waals surface area contributed by atoms with Gasteiger partial charge in [-0.2, -0.15) is 0 Å². The summed E-state index contributed by atoms with van der Waals surface area (Å²) in [6.45, 7) is 0. The zero-order chi connectivity index (χ0) is 20.0. The Morgan fingerprint density at radius 3 is 1.93 bits per heavy atom. The molecular weight excluding hydrogens is 483 g/mol. The molecule has 0 saturated heterocycles. The van der Waals surface area contributed by atoms with Crippen LogP contribution in [0.5, 0.6) is 0 Å². The second-order valence-electron chi connectivity index (χ2n) is 5.82. The molecule has 1 atom stereocenters. The molecule has 142 valence electrons. The Hall–Kier alpha value is -1.93. The van der Waals surface area contributed by atoms with Crippen molar-refractivity contribution in [3.63, 3.8) is 0 Å². The van der Waals surface area contributed by atoms with Crippen LogP contribution in [0.2, 0.25) is 5.02 Å². The van der Waals surface area contributed by atoms with E-state index < -0.39 is 23.8 Å². The van der Waals surface area contributed by atoms with E-state index in [4.69, 9.17) is 21.1 Å². The summed E-state index contributed by atoms with van der Waals surface area (Å²) in [5, 5.41) is 0.508. The van der Waals surface area contributed by atoms with Gasteiger partial charge in [0.25, 0.3) is 0 Å². The number of hydrogen-bond donors (Lipinski definition) is 0. The molecule has 0 aromatic heterocycles. The highest BCUT2D eigenvalue weighted by Crippen LogP contribution is 2.32. The number of hydrogen-bond acceptors (Lipinski definition) is 5. The van der Waals surface area contributed by atoms with Gasteiger partial charge in [-0.05, 0) is 52.4 Å². The third kappa shape index (κ3) is 5.52. The molecule has 0 N–H and O–H groups in total. The first-order valence-electron chi connectivity index (χ1n) is 8.07. The number of ether oxygens (including phenoxy) is 2. The minimum absolute atomic E-state index is 0.0584. The third-order valence-corrected chi connectivity index (χ3v) is 5.15. The van der Waals surface area contributed by atoms with Gasteiger partial charge in [0.1, 0.15) is 0 Å². The third-order valence-electron chi connectivity index (χ3n) is 4.18. The molecule has 0 bridgehead atoms. The van der Waals surface area contributed by atoms with E-state index in [1.54, 1.807) is 36.4 Å². The Morgan fingerprint density at radius 1 is 0.926 bits per heavy atom. The lowest BCUT2D eigenvalue weighted by molar-refractivity contribution is -0.159. The number of ketones is 1. The normalized spacial score (nSPS) is 11.7. The summed E-state index contributed by atoms with van der Waals surface area (Å²) in [6, 6.07) is 13.7. The first-order chi connectivity index (χ1) is 12.9. The molecule has 0 heterocycles. The fourth-order valence-corrected chi connectivity index (χ4v) is 3.26. The maximum absolute atomic E-state index is 12.8. The van der Waals surface area contributed by atoms with E-state index in [1.165, 1.54) is 14.2 Å². The lowest BCUT2D eigenvalue weighted by Gasteiger charge is -2.23. The van der Waals surface area contributed by atoms with Gasteiger partial charge < -0.3 is 9.47 Å². The topological polar surface area (TPSA) is 69.7 Å². The summed E-state index contributed by atoms with van der Waals surface area (Å²) >= 11 is 8.09. The summed E-state index contributed by atoms with van der Waals surface area (Å²) in [7, 11) is 2.39. The molecule has 5 nitrogen and oxygen atoms in total. The van der Waals surface area contributed by atoms with E-state index in [1.807, 2.05) is 12.1 Å². The van der Waals surface area contributed by atoms with E-state index in [2.05, 4.69) is 22.6 Å². The van der Waals surface area contributed by atoms with Crippen LogP contribution in [0, 0.1) is 9.49 Å². The second-order valence-corrected chi connectivity index (χ2v) is 7.50. The molecule has 2 aromatic carbocycles. The molecule has 0 radical (unpaired) electrons. The Morgan fingerprint density at radius 2 is 1.44 bits per heavy atom. The first-order valence-corrected chi connectivity index (χ1v) is 9.53. The van der Waals surface area contributed by atoms with Gasteiger partial charge in [-0.3, -0.25) is 14.4 Å². The Kier molecular flexibility index (Phi) is 7.79. The van der Waals surface area contributed by atoms with Crippen LogP contribution in [0.1, 0.15) is 28.3 Å². The van der Waals surface area contributed by atoms with Crippen molar-refractivity contribution in [1.29, 1.82) is 0 Å². The number of esters is 2. The van der Waals surface area contributed by atoms with Gasteiger partial charge in [0.05, 0.1) is 14.2 Å². The largest absolute Gasteiger partial charge is 0.468 e. The summed E-state index contributed by atoms with van der Waals surface area (Å²) < 4.78 is 10.6. The van der Waals surface area contributed by atoms with Crippen LogP contribution in [0.4, 0.5) is 0 Å². The van der Waals surface area contributed by atoms with Crippen LogP contribution in [0.15, 0.2) is 48.5 Å². The number of carbonyl (C=O) groups excluding carboxylic acids is 3.